The minimum atomic E-state index is -1.62. The van der Waals surface area contributed by atoms with Crippen molar-refractivity contribution in [2.75, 3.05) is 40.0 Å². The smallest absolute Gasteiger partial charge is 0.408 e. The minimum absolute atomic E-state index is 0.0718. The van der Waals surface area contributed by atoms with Crippen molar-refractivity contribution in [3.05, 3.63) is 59.7 Å². The SMILES string of the molecule is COCC1(C(=O)O)CN(C(=O)C2(NC(=O)OCC3c4ccccc4-c4ccccc43)CC2)CCO1. The molecular weight excluding hydrogens is 452 g/mol. The number of nitrogens with zero attached hydrogens (tertiary/aromatic N) is 1. The van der Waals surface area contributed by atoms with E-state index in [4.69, 9.17) is 14.2 Å². The van der Waals surface area contributed by atoms with Gasteiger partial charge >= 0.3 is 12.1 Å². The van der Waals surface area contributed by atoms with Crippen molar-refractivity contribution in [2.24, 2.45) is 0 Å². The first-order chi connectivity index (χ1) is 16.9. The number of methoxy groups -OCH3 is 1. The van der Waals surface area contributed by atoms with Crippen LogP contribution in [0.1, 0.15) is 29.9 Å². The number of ether oxygens (including phenoxy) is 3. The number of carbonyl (C=O) groups is 3. The highest BCUT2D eigenvalue weighted by Crippen LogP contribution is 2.44. The molecule has 1 heterocycles. The summed E-state index contributed by atoms with van der Waals surface area (Å²) in [7, 11) is 1.38. The molecule has 184 valence electrons. The molecule has 1 unspecified atom stereocenters. The number of hydrogen-bond donors (Lipinski definition) is 2. The van der Waals surface area contributed by atoms with Gasteiger partial charge in [-0.3, -0.25) is 4.79 Å². The molecule has 9 heteroatoms. The lowest BCUT2D eigenvalue weighted by atomic mass is 9.98. The Labute approximate surface area is 203 Å². The molecule has 5 rings (SSSR count). The molecule has 2 fully saturated rings. The summed E-state index contributed by atoms with van der Waals surface area (Å²) < 4.78 is 16.1. The van der Waals surface area contributed by atoms with E-state index in [0.29, 0.717) is 12.8 Å². The monoisotopic (exact) mass is 480 g/mol. The van der Waals surface area contributed by atoms with Gasteiger partial charge in [0, 0.05) is 19.6 Å². The molecule has 2 amide bonds. The second-order valence-electron chi connectivity index (χ2n) is 9.34. The molecule has 2 aliphatic carbocycles. The highest BCUT2D eigenvalue weighted by Gasteiger charge is 2.56. The number of amides is 2. The summed E-state index contributed by atoms with van der Waals surface area (Å²) >= 11 is 0. The average molecular weight is 481 g/mol. The summed E-state index contributed by atoms with van der Waals surface area (Å²) in [5.74, 6) is -1.59. The zero-order chi connectivity index (χ0) is 24.6. The fourth-order valence-corrected chi connectivity index (χ4v) is 5.12. The summed E-state index contributed by atoms with van der Waals surface area (Å²) in [5, 5.41) is 12.4. The molecule has 0 radical (unpaired) electrons. The molecule has 2 aromatic carbocycles. The van der Waals surface area contributed by atoms with Crippen molar-refractivity contribution in [1.29, 1.82) is 0 Å². The van der Waals surface area contributed by atoms with Gasteiger partial charge in [0.15, 0.2) is 0 Å². The van der Waals surface area contributed by atoms with Crippen LogP contribution in [0.5, 0.6) is 0 Å². The summed E-state index contributed by atoms with van der Waals surface area (Å²) in [4.78, 5) is 39.3. The number of fused-ring (bicyclic) bond motifs is 3. The van der Waals surface area contributed by atoms with Crippen LogP contribution in [0.2, 0.25) is 0 Å². The van der Waals surface area contributed by atoms with Gasteiger partial charge in [-0.2, -0.15) is 0 Å². The van der Waals surface area contributed by atoms with Crippen LogP contribution in [-0.2, 0) is 23.8 Å². The number of nitrogens with one attached hydrogen (secondary N) is 1. The number of rotatable bonds is 7. The predicted octanol–water partition coefficient (Wildman–Crippen LogP) is 2.39. The Kier molecular flexibility index (Phi) is 5.98. The topological polar surface area (TPSA) is 114 Å². The van der Waals surface area contributed by atoms with Crippen LogP contribution < -0.4 is 5.32 Å². The maximum Gasteiger partial charge on any atom is 0.408 e. The summed E-state index contributed by atoms with van der Waals surface area (Å²) in [6, 6.07) is 16.1. The highest BCUT2D eigenvalue weighted by molar-refractivity contribution is 5.93. The van der Waals surface area contributed by atoms with Gasteiger partial charge in [-0.1, -0.05) is 48.5 Å². The number of carboxylic acids is 1. The molecule has 1 atom stereocenters. The lowest BCUT2D eigenvalue weighted by Crippen LogP contribution is -2.63. The van der Waals surface area contributed by atoms with Gasteiger partial charge < -0.3 is 29.5 Å². The minimum Gasteiger partial charge on any atom is -0.479 e. The molecular formula is C26H28N2O7. The Morgan fingerprint density at radius 1 is 1.09 bits per heavy atom. The van der Waals surface area contributed by atoms with Crippen molar-refractivity contribution < 1.29 is 33.7 Å². The van der Waals surface area contributed by atoms with Crippen LogP contribution in [0.25, 0.3) is 11.1 Å². The normalized spacial score (nSPS) is 22.1. The van der Waals surface area contributed by atoms with E-state index in [9.17, 15) is 19.5 Å². The van der Waals surface area contributed by atoms with E-state index < -0.39 is 23.2 Å². The molecule has 1 aliphatic heterocycles. The van der Waals surface area contributed by atoms with Gasteiger partial charge in [0.05, 0.1) is 19.8 Å². The Morgan fingerprint density at radius 3 is 2.29 bits per heavy atom. The zero-order valence-electron chi connectivity index (χ0n) is 19.5. The van der Waals surface area contributed by atoms with E-state index in [2.05, 4.69) is 17.4 Å². The lowest BCUT2D eigenvalue weighted by molar-refractivity contribution is -0.190. The third-order valence-corrected chi connectivity index (χ3v) is 7.08. The van der Waals surface area contributed by atoms with Gasteiger partial charge in [-0.05, 0) is 35.1 Å². The van der Waals surface area contributed by atoms with Gasteiger partial charge in [-0.15, -0.1) is 0 Å². The molecule has 2 aromatic rings. The third-order valence-electron chi connectivity index (χ3n) is 7.08. The zero-order valence-corrected chi connectivity index (χ0v) is 19.5. The van der Waals surface area contributed by atoms with Crippen molar-refractivity contribution in [1.82, 2.24) is 10.2 Å². The molecule has 0 spiro atoms. The maximum atomic E-state index is 13.3. The fraction of sp³-hybridized carbons (Fsp3) is 0.423. The van der Waals surface area contributed by atoms with Crippen LogP contribution in [0.15, 0.2) is 48.5 Å². The number of carboxylic acid groups (broad SMARTS) is 1. The third kappa shape index (κ3) is 4.15. The number of hydrogen-bond acceptors (Lipinski definition) is 6. The Bertz CT molecular complexity index is 1110. The van der Waals surface area contributed by atoms with Crippen molar-refractivity contribution in [3.8, 4) is 11.1 Å². The number of aliphatic carboxylic acids is 1. The van der Waals surface area contributed by atoms with Crippen molar-refractivity contribution in [2.45, 2.75) is 29.9 Å². The fourth-order valence-electron chi connectivity index (χ4n) is 5.12. The van der Waals surface area contributed by atoms with E-state index in [1.54, 1.807) is 0 Å². The Balaban J connectivity index is 1.24. The summed E-state index contributed by atoms with van der Waals surface area (Å²) in [6.07, 6.45) is 0.280. The Hall–Kier alpha value is -3.43. The number of alkyl carbamates (subject to hydrolysis) is 1. The Morgan fingerprint density at radius 2 is 1.71 bits per heavy atom. The maximum absolute atomic E-state index is 13.3. The first-order valence-corrected chi connectivity index (χ1v) is 11.7. The molecule has 35 heavy (non-hydrogen) atoms. The molecule has 3 aliphatic rings. The van der Waals surface area contributed by atoms with E-state index in [1.807, 2.05) is 36.4 Å². The second kappa shape index (κ2) is 8.98. The van der Waals surface area contributed by atoms with Gasteiger partial charge in [-0.25, -0.2) is 9.59 Å². The first kappa shape index (κ1) is 23.3. The van der Waals surface area contributed by atoms with Crippen LogP contribution in [-0.4, -0.2) is 79.1 Å². The molecule has 2 N–H and O–H groups in total. The van der Waals surface area contributed by atoms with Crippen LogP contribution in [0, 0.1) is 0 Å². The van der Waals surface area contributed by atoms with Gasteiger partial charge in [0.1, 0.15) is 12.1 Å². The van der Waals surface area contributed by atoms with Gasteiger partial charge in [0.25, 0.3) is 0 Å². The molecule has 0 bridgehead atoms. The van der Waals surface area contributed by atoms with E-state index in [-0.39, 0.29) is 44.7 Å². The number of morpholine rings is 1. The summed E-state index contributed by atoms with van der Waals surface area (Å²) in [6.45, 7) is 0.133. The highest BCUT2D eigenvalue weighted by atomic mass is 16.6. The largest absolute Gasteiger partial charge is 0.479 e. The lowest BCUT2D eigenvalue weighted by Gasteiger charge is -2.40. The van der Waals surface area contributed by atoms with Crippen molar-refractivity contribution >= 4 is 18.0 Å². The van der Waals surface area contributed by atoms with E-state index in [0.717, 1.165) is 22.3 Å². The number of carbonyl (C=O) groups excluding carboxylic acids is 2. The molecule has 9 nitrogen and oxygen atoms in total. The summed E-state index contributed by atoms with van der Waals surface area (Å²) in [5.41, 5.74) is 1.79. The average Bonchev–Trinajstić information content (AvgIpc) is 3.57. The van der Waals surface area contributed by atoms with Crippen LogP contribution in [0.3, 0.4) is 0 Å². The van der Waals surface area contributed by atoms with Crippen molar-refractivity contribution in [3.63, 3.8) is 0 Å². The molecule has 1 saturated carbocycles. The van der Waals surface area contributed by atoms with Crippen LogP contribution in [0.4, 0.5) is 4.79 Å². The molecule has 0 aromatic heterocycles. The van der Waals surface area contributed by atoms with Crippen LogP contribution >= 0.6 is 0 Å². The first-order valence-electron chi connectivity index (χ1n) is 11.7. The number of benzene rings is 2. The second-order valence-corrected chi connectivity index (χ2v) is 9.34. The quantitative estimate of drug-likeness (QED) is 0.625. The van der Waals surface area contributed by atoms with Gasteiger partial charge in [0.2, 0.25) is 11.5 Å². The van der Waals surface area contributed by atoms with E-state index >= 15 is 0 Å². The predicted molar refractivity (Wildman–Crippen MR) is 125 cm³/mol. The van der Waals surface area contributed by atoms with E-state index in [1.165, 1.54) is 12.0 Å². The standard InChI is InChI=1S/C26H28N2O7/c1-33-16-26(23(30)31)15-28(12-13-35-26)22(29)25(10-11-25)27-24(32)34-14-21-19-8-4-2-6-17(19)18-7-3-5-9-20(18)21/h2-9,21H,10-16H2,1H3,(H,27,32)(H,30,31). The molecule has 1 saturated heterocycles.